The van der Waals surface area contributed by atoms with Crippen LogP contribution in [0.15, 0.2) is 0 Å². The Morgan fingerprint density at radius 3 is 2.86 bits per heavy atom. The predicted molar refractivity (Wildman–Crippen MR) is 81.3 cm³/mol. The molecule has 0 bridgehead atoms. The lowest BCUT2D eigenvalue weighted by atomic mass is 10.1. The van der Waals surface area contributed by atoms with Gasteiger partial charge in [0.1, 0.15) is 12.7 Å². The van der Waals surface area contributed by atoms with Crippen molar-refractivity contribution in [3.8, 4) is 11.8 Å². The molecule has 118 valence electrons. The van der Waals surface area contributed by atoms with Gasteiger partial charge in [0.25, 0.3) is 0 Å². The lowest BCUT2D eigenvalue weighted by Crippen LogP contribution is -2.30. The molecule has 0 aromatic rings. The number of unbranched alkanes of at least 4 members (excludes halogenated alkanes) is 2. The first kappa shape index (κ1) is 17.5. The zero-order chi connectivity index (χ0) is 15.3. The second kappa shape index (κ2) is 11.2. The first-order valence-electron chi connectivity index (χ1n) is 7.83. The normalized spacial score (nSPS) is 18.0. The molecule has 1 unspecified atom stereocenters. The van der Waals surface area contributed by atoms with Crippen molar-refractivity contribution in [2.45, 2.75) is 63.9 Å². The predicted octanol–water partition coefficient (Wildman–Crippen LogP) is 1.50. The number of amides is 2. The third kappa shape index (κ3) is 9.91. The number of carbonyl (C=O) groups excluding carboxylic acids is 2. The van der Waals surface area contributed by atoms with Crippen LogP contribution in [0, 0.1) is 11.8 Å². The van der Waals surface area contributed by atoms with E-state index < -0.39 is 0 Å². The standard InChI is InChI=1S/C16H26N2O3/c17-15(19)11-7-4-8-12-18-16(20)13-21-14-9-5-2-1-3-6-10-14/h14H,1-5,7-9,11-13H2,(H2,17,19)(H,18,20). The molecule has 0 heterocycles. The van der Waals surface area contributed by atoms with Gasteiger partial charge < -0.3 is 15.8 Å². The molecular formula is C16H26N2O3. The molecule has 1 atom stereocenters. The van der Waals surface area contributed by atoms with Gasteiger partial charge in [-0.3, -0.25) is 9.59 Å². The van der Waals surface area contributed by atoms with Gasteiger partial charge in [-0.25, -0.2) is 0 Å². The largest absolute Gasteiger partial charge is 0.370 e. The van der Waals surface area contributed by atoms with E-state index in [1.54, 1.807) is 0 Å². The van der Waals surface area contributed by atoms with Crippen LogP contribution in [0.4, 0.5) is 0 Å². The number of hydrogen-bond donors (Lipinski definition) is 2. The van der Waals surface area contributed by atoms with Crippen LogP contribution in [0.3, 0.4) is 0 Å². The molecule has 5 nitrogen and oxygen atoms in total. The van der Waals surface area contributed by atoms with E-state index in [1.165, 1.54) is 6.42 Å². The smallest absolute Gasteiger partial charge is 0.246 e. The van der Waals surface area contributed by atoms with Crippen LogP contribution in [-0.4, -0.2) is 31.1 Å². The van der Waals surface area contributed by atoms with Crippen molar-refractivity contribution in [1.29, 1.82) is 0 Å². The summed E-state index contributed by atoms with van der Waals surface area (Å²) in [4.78, 5) is 22.2. The molecule has 0 aromatic heterocycles. The molecule has 0 saturated carbocycles. The van der Waals surface area contributed by atoms with E-state index in [0.717, 1.165) is 44.9 Å². The second-order valence-corrected chi connectivity index (χ2v) is 5.35. The number of rotatable bonds is 9. The molecule has 3 N–H and O–H groups in total. The maximum atomic E-state index is 11.6. The highest BCUT2D eigenvalue weighted by Gasteiger charge is 2.09. The van der Waals surface area contributed by atoms with Gasteiger partial charge in [0.05, 0.1) is 0 Å². The fourth-order valence-corrected chi connectivity index (χ4v) is 2.16. The van der Waals surface area contributed by atoms with Crippen LogP contribution in [-0.2, 0) is 14.3 Å². The molecule has 0 saturated heterocycles. The van der Waals surface area contributed by atoms with Gasteiger partial charge in [0.15, 0.2) is 0 Å². The molecule has 1 aliphatic rings. The minimum Gasteiger partial charge on any atom is -0.370 e. The van der Waals surface area contributed by atoms with Crippen LogP contribution in [0.5, 0.6) is 0 Å². The minimum absolute atomic E-state index is 0.0701. The Kier molecular flexibility index (Phi) is 9.30. The van der Waals surface area contributed by atoms with Crippen molar-refractivity contribution in [3.05, 3.63) is 0 Å². The third-order valence-electron chi connectivity index (χ3n) is 3.37. The van der Waals surface area contributed by atoms with Gasteiger partial charge in [-0.1, -0.05) is 18.8 Å². The maximum Gasteiger partial charge on any atom is 0.246 e. The van der Waals surface area contributed by atoms with Crippen LogP contribution in [0.25, 0.3) is 0 Å². The van der Waals surface area contributed by atoms with Crippen LogP contribution in [0.1, 0.15) is 57.8 Å². The van der Waals surface area contributed by atoms with E-state index in [2.05, 4.69) is 17.2 Å². The molecular weight excluding hydrogens is 268 g/mol. The lowest BCUT2D eigenvalue weighted by Gasteiger charge is -2.13. The Morgan fingerprint density at radius 2 is 2.05 bits per heavy atom. The average molecular weight is 294 g/mol. The first-order chi connectivity index (χ1) is 10.2. The summed E-state index contributed by atoms with van der Waals surface area (Å²) in [5.41, 5.74) is 5.05. The third-order valence-corrected chi connectivity index (χ3v) is 3.37. The maximum absolute atomic E-state index is 11.6. The van der Waals surface area contributed by atoms with E-state index in [1.807, 2.05) is 0 Å². The van der Waals surface area contributed by atoms with E-state index >= 15 is 0 Å². The number of ether oxygens (including phenoxy) is 1. The fourth-order valence-electron chi connectivity index (χ4n) is 2.16. The van der Waals surface area contributed by atoms with Crippen molar-refractivity contribution in [2.24, 2.45) is 5.73 Å². The Morgan fingerprint density at radius 1 is 1.19 bits per heavy atom. The Hall–Kier alpha value is -1.54. The molecule has 21 heavy (non-hydrogen) atoms. The topological polar surface area (TPSA) is 81.4 Å². The van der Waals surface area contributed by atoms with Gasteiger partial charge in [0, 0.05) is 19.4 Å². The first-order valence-corrected chi connectivity index (χ1v) is 7.83. The summed E-state index contributed by atoms with van der Waals surface area (Å²) < 4.78 is 5.54. The van der Waals surface area contributed by atoms with E-state index in [4.69, 9.17) is 10.5 Å². The molecule has 0 spiro atoms. The summed E-state index contributed by atoms with van der Waals surface area (Å²) in [6.07, 6.45) is 8.12. The van der Waals surface area contributed by atoms with Crippen LogP contribution >= 0.6 is 0 Å². The number of carbonyl (C=O) groups is 2. The molecule has 0 aliphatic heterocycles. The highest BCUT2D eigenvalue weighted by Crippen LogP contribution is 2.10. The van der Waals surface area contributed by atoms with Crippen molar-refractivity contribution in [3.63, 3.8) is 0 Å². The Bertz CT molecular complexity index is 385. The van der Waals surface area contributed by atoms with E-state index in [-0.39, 0.29) is 24.5 Å². The SMILES string of the molecule is NC(=O)CCCCCNC(=O)COC1C#CCCCCC1. The van der Waals surface area contributed by atoms with Crippen molar-refractivity contribution < 1.29 is 14.3 Å². The summed E-state index contributed by atoms with van der Waals surface area (Å²) in [6.45, 7) is 0.679. The summed E-state index contributed by atoms with van der Waals surface area (Å²) >= 11 is 0. The highest BCUT2D eigenvalue weighted by atomic mass is 16.5. The van der Waals surface area contributed by atoms with Gasteiger partial charge >= 0.3 is 0 Å². The van der Waals surface area contributed by atoms with E-state index in [9.17, 15) is 9.59 Å². The molecule has 0 radical (unpaired) electrons. The van der Waals surface area contributed by atoms with Gasteiger partial charge in [-0.15, -0.1) is 5.92 Å². The van der Waals surface area contributed by atoms with Crippen LogP contribution in [0.2, 0.25) is 0 Å². The van der Waals surface area contributed by atoms with Crippen LogP contribution < -0.4 is 11.1 Å². The zero-order valence-electron chi connectivity index (χ0n) is 12.7. The summed E-state index contributed by atoms with van der Waals surface area (Å²) in [6, 6.07) is 0. The molecule has 1 rings (SSSR count). The molecule has 0 fully saturated rings. The summed E-state index contributed by atoms with van der Waals surface area (Å²) in [5.74, 6) is 5.79. The molecule has 1 aliphatic carbocycles. The van der Waals surface area contributed by atoms with Gasteiger partial charge in [-0.05, 0) is 32.1 Å². The molecule has 5 heteroatoms. The number of nitrogens with one attached hydrogen (secondary N) is 1. The average Bonchev–Trinajstić information content (AvgIpc) is 2.41. The molecule has 0 aromatic carbocycles. The fraction of sp³-hybridized carbons (Fsp3) is 0.750. The molecule has 2 amide bonds. The number of primary amides is 1. The van der Waals surface area contributed by atoms with Crippen molar-refractivity contribution >= 4 is 11.8 Å². The van der Waals surface area contributed by atoms with Crippen molar-refractivity contribution in [1.82, 2.24) is 5.32 Å². The van der Waals surface area contributed by atoms with E-state index in [0.29, 0.717) is 13.0 Å². The quantitative estimate of drug-likeness (QED) is 0.499. The summed E-state index contributed by atoms with van der Waals surface area (Å²) in [5, 5.41) is 2.81. The Labute approximate surface area is 127 Å². The van der Waals surface area contributed by atoms with Crippen molar-refractivity contribution in [2.75, 3.05) is 13.2 Å². The lowest BCUT2D eigenvalue weighted by molar-refractivity contribution is -0.126. The zero-order valence-corrected chi connectivity index (χ0v) is 12.7. The van der Waals surface area contributed by atoms with Gasteiger partial charge in [-0.2, -0.15) is 0 Å². The second-order valence-electron chi connectivity index (χ2n) is 5.35. The highest BCUT2D eigenvalue weighted by molar-refractivity contribution is 5.77. The number of nitrogens with two attached hydrogens (primary N) is 1. The number of hydrogen-bond acceptors (Lipinski definition) is 3. The van der Waals surface area contributed by atoms with Gasteiger partial charge in [0.2, 0.25) is 11.8 Å². The summed E-state index contributed by atoms with van der Waals surface area (Å²) in [7, 11) is 0. The Balaban J connectivity index is 2.03. The monoisotopic (exact) mass is 294 g/mol. The minimum atomic E-state index is -0.271.